The lowest BCUT2D eigenvalue weighted by Gasteiger charge is -2.27. The number of Topliss-reactive ketones (excluding diaryl/α,β-unsaturated/α-hetero) is 1. The first-order valence-electron chi connectivity index (χ1n) is 10.4. The van der Waals surface area contributed by atoms with Gasteiger partial charge in [0.25, 0.3) is 0 Å². The van der Waals surface area contributed by atoms with Gasteiger partial charge in [0.15, 0.2) is 11.6 Å². The average Bonchev–Trinajstić information content (AvgIpc) is 3.27. The Hall–Kier alpha value is -3.39. The Balaban J connectivity index is 1.65. The van der Waals surface area contributed by atoms with Crippen LogP contribution in [-0.4, -0.2) is 47.2 Å². The normalized spacial score (nSPS) is 15.8. The number of anilines is 1. The van der Waals surface area contributed by atoms with Gasteiger partial charge in [0.1, 0.15) is 23.1 Å². The summed E-state index contributed by atoms with van der Waals surface area (Å²) in [4.78, 5) is 23.4. The molecule has 4 rings (SSSR count). The third kappa shape index (κ3) is 4.31. The van der Waals surface area contributed by atoms with E-state index in [0.29, 0.717) is 5.56 Å². The second kappa shape index (κ2) is 9.40. The summed E-state index contributed by atoms with van der Waals surface area (Å²) in [6.45, 7) is 0.716. The van der Waals surface area contributed by atoms with Crippen LogP contribution in [0.15, 0.2) is 48.7 Å². The van der Waals surface area contributed by atoms with E-state index in [2.05, 4.69) is 9.97 Å². The van der Waals surface area contributed by atoms with Crippen molar-refractivity contribution in [1.29, 1.82) is 0 Å². The summed E-state index contributed by atoms with van der Waals surface area (Å²) in [5.74, 6) is -1.08. The Bertz CT molecular complexity index is 1140. The maximum Gasteiger partial charge on any atom is 0.185 e. The van der Waals surface area contributed by atoms with Crippen LogP contribution in [0.25, 0.3) is 11.4 Å². The molecule has 2 aromatic carbocycles. The van der Waals surface area contributed by atoms with Crippen LogP contribution >= 0.6 is 0 Å². The van der Waals surface area contributed by atoms with E-state index in [1.54, 1.807) is 12.1 Å². The van der Waals surface area contributed by atoms with Crippen molar-refractivity contribution in [2.45, 2.75) is 25.3 Å². The first-order chi connectivity index (χ1) is 15.5. The molecule has 1 N–H and O–H groups in total. The highest BCUT2D eigenvalue weighted by Crippen LogP contribution is 2.32. The standard InChI is InChI=1S/C24H23F2N3O3/c1-32-22-6-2-5-18(26)23(22)24-27-10-9-19(28-24)21(31)13-15-12-16(25)7-8-20(15)29-11-3-4-17(29)14-30/h2,5-10,12,17,30H,3-4,11,13-14H2,1H3/t17-/m1/s1. The molecule has 0 amide bonds. The Morgan fingerprint density at radius 1 is 1.25 bits per heavy atom. The van der Waals surface area contributed by atoms with E-state index in [4.69, 9.17) is 4.74 Å². The highest BCUT2D eigenvalue weighted by atomic mass is 19.1. The van der Waals surface area contributed by atoms with Gasteiger partial charge < -0.3 is 14.7 Å². The van der Waals surface area contributed by atoms with Gasteiger partial charge in [-0.1, -0.05) is 6.07 Å². The van der Waals surface area contributed by atoms with Crippen molar-refractivity contribution in [2.24, 2.45) is 0 Å². The minimum atomic E-state index is -0.564. The van der Waals surface area contributed by atoms with Crippen molar-refractivity contribution in [1.82, 2.24) is 9.97 Å². The van der Waals surface area contributed by atoms with Crippen LogP contribution < -0.4 is 9.64 Å². The molecule has 0 spiro atoms. The molecule has 6 nitrogen and oxygen atoms in total. The number of rotatable bonds is 7. The predicted octanol–water partition coefficient (Wildman–Crippen LogP) is 3.82. The number of ketones is 1. The van der Waals surface area contributed by atoms with E-state index in [-0.39, 0.29) is 47.7 Å². The molecule has 0 aliphatic carbocycles. The van der Waals surface area contributed by atoms with E-state index in [1.165, 1.54) is 43.6 Å². The summed E-state index contributed by atoms with van der Waals surface area (Å²) in [6, 6.07) is 10.1. The van der Waals surface area contributed by atoms with Crippen LogP contribution in [0, 0.1) is 11.6 Å². The molecular weight excluding hydrogens is 416 g/mol. The lowest BCUT2D eigenvalue weighted by molar-refractivity contribution is 0.0988. The molecule has 1 fully saturated rings. The Labute approximate surface area is 184 Å². The zero-order valence-corrected chi connectivity index (χ0v) is 17.6. The summed E-state index contributed by atoms with van der Waals surface area (Å²) in [5, 5.41) is 9.67. The molecule has 0 saturated carbocycles. The molecule has 8 heteroatoms. The number of ether oxygens (including phenoxy) is 1. The van der Waals surface area contributed by atoms with E-state index in [9.17, 15) is 18.7 Å². The monoisotopic (exact) mass is 439 g/mol. The van der Waals surface area contributed by atoms with Crippen LogP contribution in [0.5, 0.6) is 5.75 Å². The number of aromatic nitrogens is 2. The molecule has 0 unspecified atom stereocenters. The Morgan fingerprint density at radius 3 is 2.88 bits per heavy atom. The van der Waals surface area contributed by atoms with Crippen molar-refractivity contribution in [3.8, 4) is 17.1 Å². The van der Waals surface area contributed by atoms with Gasteiger partial charge in [-0.3, -0.25) is 4.79 Å². The molecule has 166 valence electrons. The van der Waals surface area contributed by atoms with Crippen molar-refractivity contribution in [3.63, 3.8) is 0 Å². The quantitative estimate of drug-likeness (QED) is 0.564. The van der Waals surface area contributed by atoms with E-state index >= 15 is 0 Å². The van der Waals surface area contributed by atoms with Gasteiger partial charge in [0, 0.05) is 24.8 Å². The molecule has 1 aliphatic rings. The van der Waals surface area contributed by atoms with Crippen molar-refractivity contribution in [3.05, 3.63) is 71.6 Å². The van der Waals surface area contributed by atoms with Crippen LogP contribution in [0.2, 0.25) is 0 Å². The fourth-order valence-corrected chi connectivity index (χ4v) is 4.11. The Morgan fingerprint density at radius 2 is 2.09 bits per heavy atom. The smallest absolute Gasteiger partial charge is 0.185 e. The van der Waals surface area contributed by atoms with E-state index in [0.717, 1.165) is 25.1 Å². The molecule has 1 aromatic heterocycles. The lowest BCUT2D eigenvalue weighted by atomic mass is 10.0. The van der Waals surface area contributed by atoms with Crippen LogP contribution in [-0.2, 0) is 6.42 Å². The van der Waals surface area contributed by atoms with Crippen LogP contribution in [0.3, 0.4) is 0 Å². The second-order valence-corrected chi connectivity index (χ2v) is 7.63. The predicted molar refractivity (Wildman–Crippen MR) is 116 cm³/mol. The van der Waals surface area contributed by atoms with Crippen molar-refractivity contribution >= 4 is 11.5 Å². The summed E-state index contributed by atoms with van der Waals surface area (Å²) < 4.78 is 33.7. The number of methoxy groups -OCH3 is 1. The number of hydrogen-bond acceptors (Lipinski definition) is 6. The number of benzene rings is 2. The Kier molecular flexibility index (Phi) is 6.41. The van der Waals surface area contributed by atoms with Gasteiger partial charge >= 0.3 is 0 Å². The number of carbonyl (C=O) groups excluding carboxylic acids is 1. The SMILES string of the molecule is COc1cccc(F)c1-c1nccc(C(=O)Cc2cc(F)ccc2N2CCC[C@@H]2CO)n1. The number of aliphatic hydroxyl groups is 1. The molecule has 2 heterocycles. The summed E-state index contributed by atoms with van der Waals surface area (Å²) >= 11 is 0. The third-order valence-corrected chi connectivity index (χ3v) is 5.65. The lowest BCUT2D eigenvalue weighted by Crippen LogP contribution is -2.33. The van der Waals surface area contributed by atoms with E-state index in [1.807, 2.05) is 4.90 Å². The van der Waals surface area contributed by atoms with Crippen molar-refractivity contribution < 1.29 is 23.4 Å². The minimum absolute atomic E-state index is 0.00942. The number of halogens is 2. The molecular formula is C24H23F2N3O3. The zero-order chi connectivity index (χ0) is 22.7. The van der Waals surface area contributed by atoms with Gasteiger partial charge in [0.05, 0.1) is 25.3 Å². The van der Waals surface area contributed by atoms with Gasteiger partial charge in [-0.05, 0) is 54.8 Å². The number of carbonyl (C=O) groups is 1. The highest BCUT2D eigenvalue weighted by molar-refractivity contribution is 5.97. The number of hydrogen-bond donors (Lipinski definition) is 1. The largest absolute Gasteiger partial charge is 0.496 e. The first-order valence-corrected chi connectivity index (χ1v) is 10.4. The molecule has 1 atom stereocenters. The molecule has 1 saturated heterocycles. The zero-order valence-electron chi connectivity index (χ0n) is 17.6. The third-order valence-electron chi connectivity index (χ3n) is 5.65. The minimum Gasteiger partial charge on any atom is -0.496 e. The second-order valence-electron chi connectivity index (χ2n) is 7.63. The first kappa shape index (κ1) is 21.8. The fourth-order valence-electron chi connectivity index (χ4n) is 4.11. The highest BCUT2D eigenvalue weighted by Gasteiger charge is 2.27. The van der Waals surface area contributed by atoms with Gasteiger partial charge in [-0.2, -0.15) is 0 Å². The topological polar surface area (TPSA) is 75.5 Å². The molecule has 0 radical (unpaired) electrons. The maximum atomic E-state index is 14.4. The summed E-state index contributed by atoms with van der Waals surface area (Å²) in [7, 11) is 1.41. The summed E-state index contributed by atoms with van der Waals surface area (Å²) in [5.41, 5.74) is 1.40. The molecule has 0 bridgehead atoms. The van der Waals surface area contributed by atoms with Crippen LogP contribution in [0.1, 0.15) is 28.9 Å². The molecule has 3 aromatic rings. The maximum absolute atomic E-state index is 14.4. The molecule has 1 aliphatic heterocycles. The molecule has 32 heavy (non-hydrogen) atoms. The number of nitrogens with zero attached hydrogens (tertiary/aromatic N) is 3. The average molecular weight is 439 g/mol. The summed E-state index contributed by atoms with van der Waals surface area (Å²) in [6.07, 6.45) is 3.04. The van der Waals surface area contributed by atoms with Crippen LogP contribution in [0.4, 0.5) is 14.5 Å². The van der Waals surface area contributed by atoms with Gasteiger partial charge in [0.2, 0.25) is 0 Å². The van der Waals surface area contributed by atoms with Gasteiger partial charge in [-0.25, -0.2) is 18.7 Å². The van der Waals surface area contributed by atoms with Gasteiger partial charge in [-0.15, -0.1) is 0 Å². The van der Waals surface area contributed by atoms with E-state index < -0.39 is 11.6 Å². The fraction of sp³-hybridized carbons (Fsp3) is 0.292. The van der Waals surface area contributed by atoms with Crippen molar-refractivity contribution in [2.75, 3.05) is 25.2 Å². The number of aliphatic hydroxyl groups excluding tert-OH is 1.